The molecular formula is C17H21N3OS. The van der Waals surface area contributed by atoms with Gasteiger partial charge in [-0.05, 0) is 36.4 Å². The molecule has 0 aliphatic heterocycles. The Morgan fingerprint density at radius 3 is 2.77 bits per heavy atom. The van der Waals surface area contributed by atoms with Crippen molar-refractivity contribution in [3.8, 4) is 0 Å². The molecule has 2 aromatic rings. The minimum Gasteiger partial charge on any atom is -0.381 e. The van der Waals surface area contributed by atoms with Gasteiger partial charge in [-0.2, -0.15) is 0 Å². The van der Waals surface area contributed by atoms with Crippen LogP contribution < -0.4 is 10.6 Å². The number of carbonyl (C=O) groups excluding carboxylic acids is 1. The Labute approximate surface area is 135 Å². The molecule has 116 valence electrons. The number of nitrogens with zero attached hydrogens (tertiary/aromatic N) is 1. The molecule has 4 nitrogen and oxygen atoms in total. The van der Waals surface area contributed by atoms with E-state index in [-0.39, 0.29) is 5.91 Å². The van der Waals surface area contributed by atoms with Gasteiger partial charge in [0.15, 0.2) is 0 Å². The second-order valence-electron chi connectivity index (χ2n) is 5.72. The monoisotopic (exact) mass is 315 g/mol. The van der Waals surface area contributed by atoms with Gasteiger partial charge in [0.2, 0.25) is 5.91 Å². The highest BCUT2D eigenvalue weighted by molar-refractivity contribution is 7.10. The molecule has 0 spiro atoms. The Bertz CT molecular complexity index is 589. The van der Waals surface area contributed by atoms with Crippen molar-refractivity contribution in [1.29, 1.82) is 0 Å². The summed E-state index contributed by atoms with van der Waals surface area (Å²) < 4.78 is 0. The highest BCUT2D eigenvalue weighted by atomic mass is 32.1. The Morgan fingerprint density at radius 1 is 1.23 bits per heavy atom. The van der Waals surface area contributed by atoms with Gasteiger partial charge in [-0.3, -0.25) is 4.79 Å². The minimum absolute atomic E-state index is 0.0251. The summed E-state index contributed by atoms with van der Waals surface area (Å²) in [5.74, 6) is 0.582. The first-order chi connectivity index (χ1) is 10.8. The lowest BCUT2D eigenvalue weighted by molar-refractivity contribution is -0.115. The second-order valence-corrected chi connectivity index (χ2v) is 6.75. The number of thiophene rings is 1. The zero-order chi connectivity index (χ0) is 15.2. The number of hydrogen-bond donors (Lipinski definition) is 2. The molecule has 22 heavy (non-hydrogen) atoms. The van der Waals surface area contributed by atoms with E-state index in [0.717, 1.165) is 10.6 Å². The van der Waals surface area contributed by atoms with E-state index in [1.165, 1.54) is 32.1 Å². The summed E-state index contributed by atoms with van der Waals surface area (Å²) in [4.78, 5) is 17.3. The average molecular weight is 315 g/mol. The number of carbonyl (C=O) groups is 1. The topological polar surface area (TPSA) is 54.0 Å². The third-order valence-corrected chi connectivity index (χ3v) is 4.80. The molecule has 1 saturated carbocycles. The van der Waals surface area contributed by atoms with Crippen LogP contribution in [0.4, 0.5) is 11.5 Å². The highest BCUT2D eigenvalue weighted by Crippen LogP contribution is 2.21. The lowest BCUT2D eigenvalue weighted by Gasteiger charge is -2.23. The molecule has 5 heteroatoms. The molecule has 0 aromatic carbocycles. The van der Waals surface area contributed by atoms with E-state index in [9.17, 15) is 4.79 Å². The van der Waals surface area contributed by atoms with Crippen LogP contribution >= 0.6 is 11.3 Å². The van der Waals surface area contributed by atoms with E-state index in [1.54, 1.807) is 17.5 Å². The van der Waals surface area contributed by atoms with Crippen LogP contribution in [-0.4, -0.2) is 16.9 Å². The quantitative estimate of drug-likeness (QED) is 0.874. The van der Waals surface area contributed by atoms with Gasteiger partial charge >= 0.3 is 0 Å². The second kappa shape index (κ2) is 7.40. The summed E-state index contributed by atoms with van der Waals surface area (Å²) in [6, 6.07) is 8.33. The minimum atomic E-state index is -0.0251. The van der Waals surface area contributed by atoms with Gasteiger partial charge < -0.3 is 10.6 Å². The van der Waals surface area contributed by atoms with Crippen LogP contribution in [0.1, 0.15) is 37.0 Å². The number of amides is 1. The van der Waals surface area contributed by atoms with E-state index in [1.807, 2.05) is 29.6 Å². The Balaban J connectivity index is 1.51. The fourth-order valence-corrected chi connectivity index (χ4v) is 3.50. The van der Waals surface area contributed by atoms with Crippen molar-refractivity contribution in [2.45, 2.75) is 44.6 Å². The van der Waals surface area contributed by atoms with E-state index in [4.69, 9.17) is 0 Å². The SMILES string of the molecule is O=C(Cc1cccs1)Nc1ccc(NC2CCCCC2)cn1. The number of rotatable bonds is 5. The molecule has 1 aliphatic rings. The van der Waals surface area contributed by atoms with Gasteiger partial charge in [0, 0.05) is 10.9 Å². The van der Waals surface area contributed by atoms with Crippen LogP contribution in [-0.2, 0) is 11.2 Å². The van der Waals surface area contributed by atoms with Crippen LogP contribution in [0.15, 0.2) is 35.8 Å². The number of anilines is 2. The first-order valence-corrected chi connectivity index (χ1v) is 8.72. The van der Waals surface area contributed by atoms with Gasteiger partial charge in [0.05, 0.1) is 18.3 Å². The molecule has 0 saturated heterocycles. The third kappa shape index (κ3) is 4.31. The molecule has 0 radical (unpaired) electrons. The molecule has 2 heterocycles. The number of aromatic nitrogens is 1. The molecule has 2 aromatic heterocycles. The van der Waals surface area contributed by atoms with Crippen LogP contribution in [0.2, 0.25) is 0 Å². The Morgan fingerprint density at radius 2 is 2.09 bits per heavy atom. The van der Waals surface area contributed by atoms with Gasteiger partial charge in [-0.15, -0.1) is 11.3 Å². The molecule has 0 unspecified atom stereocenters. The van der Waals surface area contributed by atoms with Crippen molar-refractivity contribution in [3.63, 3.8) is 0 Å². The van der Waals surface area contributed by atoms with Crippen molar-refractivity contribution in [2.75, 3.05) is 10.6 Å². The normalized spacial score (nSPS) is 15.5. The largest absolute Gasteiger partial charge is 0.381 e. The molecule has 1 aliphatic carbocycles. The maximum atomic E-state index is 11.9. The lowest BCUT2D eigenvalue weighted by Crippen LogP contribution is -2.22. The van der Waals surface area contributed by atoms with Crippen LogP contribution in [0.5, 0.6) is 0 Å². The zero-order valence-electron chi connectivity index (χ0n) is 12.5. The summed E-state index contributed by atoms with van der Waals surface area (Å²) >= 11 is 1.59. The smallest absolute Gasteiger partial charge is 0.230 e. The zero-order valence-corrected chi connectivity index (χ0v) is 13.4. The van der Waals surface area contributed by atoms with Crippen molar-refractivity contribution in [2.24, 2.45) is 0 Å². The van der Waals surface area contributed by atoms with Gasteiger partial charge in [0.1, 0.15) is 5.82 Å². The van der Waals surface area contributed by atoms with Crippen LogP contribution in [0.3, 0.4) is 0 Å². The molecule has 0 atom stereocenters. The molecule has 0 bridgehead atoms. The predicted octanol–water partition coefficient (Wildman–Crippen LogP) is 4.07. The van der Waals surface area contributed by atoms with E-state index in [2.05, 4.69) is 15.6 Å². The number of pyridine rings is 1. The third-order valence-electron chi connectivity index (χ3n) is 3.92. The summed E-state index contributed by atoms with van der Waals surface area (Å²) in [5.41, 5.74) is 1.03. The lowest BCUT2D eigenvalue weighted by atomic mass is 9.95. The van der Waals surface area contributed by atoms with E-state index < -0.39 is 0 Å². The molecule has 2 N–H and O–H groups in total. The van der Waals surface area contributed by atoms with Crippen molar-refractivity contribution in [3.05, 3.63) is 40.7 Å². The standard InChI is InChI=1S/C17H21N3OS/c21-17(11-15-7-4-10-22-15)20-16-9-8-14(12-18-16)19-13-5-2-1-3-6-13/h4,7-10,12-13,19H,1-3,5-6,11H2,(H,18,20,21). The molecule has 1 amide bonds. The maximum Gasteiger partial charge on any atom is 0.230 e. The summed E-state index contributed by atoms with van der Waals surface area (Å²) in [6.07, 6.45) is 8.64. The number of nitrogens with one attached hydrogen (secondary N) is 2. The highest BCUT2D eigenvalue weighted by Gasteiger charge is 2.13. The van der Waals surface area contributed by atoms with Crippen molar-refractivity contribution in [1.82, 2.24) is 4.98 Å². The first kappa shape index (κ1) is 15.0. The van der Waals surface area contributed by atoms with Gasteiger partial charge in [-0.1, -0.05) is 25.3 Å². The van der Waals surface area contributed by atoms with Crippen molar-refractivity contribution < 1.29 is 4.79 Å². The van der Waals surface area contributed by atoms with E-state index >= 15 is 0 Å². The Hall–Kier alpha value is -1.88. The first-order valence-electron chi connectivity index (χ1n) is 7.84. The molecule has 3 rings (SSSR count). The van der Waals surface area contributed by atoms with Crippen molar-refractivity contribution >= 4 is 28.7 Å². The van der Waals surface area contributed by atoms with Gasteiger partial charge in [0.25, 0.3) is 0 Å². The predicted molar refractivity (Wildman–Crippen MR) is 91.4 cm³/mol. The van der Waals surface area contributed by atoms with Gasteiger partial charge in [-0.25, -0.2) is 4.98 Å². The van der Waals surface area contributed by atoms with Crippen LogP contribution in [0, 0.1) is 0 Å². The Kier molecular flexibility index (Phi) is 5.06. The molecular weight excluding hydrogens is 294 g/mol. The van der Waals surface area contributed by atoms with E-state index in [0.29, 0.717) is 18.3 Å². The summed E-state index contributed by atoms with van der Waals surface area (Å²) in [5, 5.41) is 8.34. The maximum absolute atomic E-state index is 11.9. The van der Waals surface area contributed by atoms with Crippen LogP contribution in [0.25, 0.3) is 0 Å². The number of hydrogen-bond acceptors (Lipinski definition) is 4. The summed E-state index contributed by atoms with van der Waals surface area (Å²) in [6.45, 7) is 0. The fraction of sp³-hybridized carbons (Fsp3) is 0.412. The fourth-order valence-electron chi connectivity index (χ4n) is 2.79. The molecule has 1 fully saturated rings. The average Bonchev–Trinajstić information content (AvgIpc) is 3.03. The summed E-state index contributed by atoms with van der Waals surface area (Å²) in [7, 11) is 0.